The standard InChI is InChI=1S/C22H26N2O2/c1-26-21-12-6-5-11-19(21)20(24-15-7-8-16-24)17-23-22(25)14-13-18-9-3-2-4-10-18/h2-6,9-14,20H,7-8,15-17H2,1H3,(H,23,25)/b14-13+. The predicted molar refractivity (Wildman–Crippen MR) is 105 cm³/mol. The summed E-state index contributed by atoms with van der Waals surface area (Å²) >= 11 is 0. The third-order valence-electron chi connectivity index (χ3n) is 4.78. The van der Waals surface area contributed by atoms with Crippen LogP contribution in [0.1, 0.15) is 30.0 Å². The summed E-state index contributed by atoms with van der Waals surface area (Å²) in [6.07, 6.45) is 5.84. The van der Waals surface area contributed by atoms with E-state index in [0.29, 0.717) is 6.54 Å². The van der Waals surface area contributed by atoms with E-state index in [1.165, 1.54) is 12.8 Å². The molecule has 1 amide bonds. The van der Waals surface area contributed by atoms with Crippen molar-refractivity contribution in [2.75, 3.05) is 26.7 Å². The summed E-state index contributed by atoms with van der Waals surface area (Å²) in [6.45, 7) is 2.68. The van der Waals surface area contributed by atoms with Crippen molar-refractivity contribution in [2.24, 2.45) is 0 Å². The summed E-state index contributed by atoms with van der Waals surface area (Å²) in [5.74, 6) is 0.798. The molecule has 0 aromatic heterocycles. The molecular formula is C22H26N2O2. The summed E-state index contributed by atoms with van der Waals surface area (Å²) in [5, 5.41) is 3.06. The number of hydrogen-bond acceptors (Lipinski definition) is 3. The van der Waals surface area contributed by atoms with Crippen molar-refractivity contribution in [1.29, 1.82) is 0 Å². The van der Waals surface area contributed by atoms with Crippen LogP contribution in [-0.4, -0.2) is 37.6 Å². The van der Waals surface area contributed by atoms with Gasteiger partial charge >= 0.3 is 0 Å². The van der Waals surface area contributed by atoms with Crippen molar-refractivity contribution < 1.29 is 9.53 Å². The zero-order valence-electron chi connectivity index (χ0n) is 15.2. The molecule has 1 N–H and O–H groups in total. The quantitative estimate of drug-likeness (QED) is 0.775. The second-order valence-corrected chi connectivity index (χ2v) is 6.49. The van der Waals surface area contributed by atoms with E-state index >= 15 is 0 Å². The van der Waals surface area contributed by atoms with Crippen LogP contribution in [0.5, 0.6) is 5.75 Å². The van der Waals surface area contributed by atoms with Gasteiger partial charge in [0, 0.05) is 18.2 Å². The Morgan fingerprint density at radius 2 is 1.81 bits per heavy atom. The number of carbonyl (C=O) groups excluding carboxylic acids is 1. The van der Waals surface area contributed by atoms with Crippen LogP contribution in [0, 0.1) is 0 Å². The highest BCUT2D eigenvalue weighted by molar-refractivity contribution is 5.91. The smallest absolute Gasteiger partial charge is 0.244 e. The first kappa shape index (κ1) is 18.2. The highest BCUT2D eigenvalue weighted by atomic mass is 16.5. The number of benzene rings is 2. The SMILES string of the molecule is COc1ccccc1C(CNC(=O)/C=C/c1ccccc1)N1CCCC1. The summed E-state index contributed by atoms with van der Waals surface area (Å²) in [6, 6.07) is 18.0. The van der Waals surface area contributed by atoms with Crippen LogP contribution in [0.15, 0.2) is 60.7 Å². The monoisotopic (exact) mass is 350 g/mol. The van der Waals surface area contributed by atoms with E-state index in [1.54, 1.807) is 13.2 Å². The summed E-state index contributed by atoms with van der Waals surface area (Å²) in [7, 11) is 1.70. The van der Waals surface area contributed by atoms with E-state index in [4.69, 9.17) is 4.74 Å². The minimum Gasteiger partial charge on any atom is -0.496 e. The molecule has 1 fully saturated rings. The lowest BCUT2D eigenvalue weighted by atomic mass is 10.0. The van der Waals surface area contributed by atoms with E-state index < -0.39 is 0 Å². The molecule has 2 aromatic rings. The van der Waals surface area contributed by atoms with E-state index in [2.05, 4.69) is 16.3 Å². The molecule has 136 valence electrons. The topological polar surface area (TPSA) is 41.6 Å². The molecule has 26 heavy (non-hydrogen) atoms. The second-order valence-electron chi connectivity index (χ2n) is 6.49. The highest BCUT2D eigenvalue weighted by Crippen LogP contribution is 2.31. The number of methoxy groups -OCH3 is 1. The third kappa shape index (κ3) is 4.73. The van der Waals surface area contributed by atoms with E-state index in [1.807, 2.05) is 54.6 Å². The zero-order chi connectivity index (χ0) is 18.2. The lowest BCUT2D eigenvalue weighted by Crippen LogP contribution is -2.36. The maximum Gasteiger partial charge on any atom is 0.244 e. The van der Waals surface area contributed by atoms with E-state index in [9.17, 15) is 4.79 Å². The molecule has 3 rings (SSSR count). The van der Waals surface area contributed by atoms with Gasteiger partial charge in [0.05, 0.1) is 13.2 Å². The van der Waals surface area contributed by atoms with Crippen molar-refractivity contribution in [3.05, 3.63) is 71.8 Å². The molecule has 1 aliphatic heterocycles. The average molecular weight is 350 g/mol. The molecular weight excluding hydrogens is 324 g/mol. The first-order valence-electron chi connectivity index (χ1n) is 9.16. The Bertz CT molecular complexity index is 737. The first-order valence-corrected chi connectivity index (χ1v) is 9.16. The minimum absolute atomic E-state index is 0.0760. The molecule has 1 unspecified atom stereocenters. The second kappa shape index (κ2) is 9.20. The number of rotatable bonds is 7. The number of ether oxygens (including phenoxy) is 1. The summed E-state index contributed by atoms with van der Waals surface area (Å²) in [5.41, 5.74) is 2.15. The summed E-state index contributed by atoms with van der Waals surface area (Å²) in [4.78, 5) is 14.7. The predicted octanol–water partition coefficient (Wildman–Crippen LogP) is 3.66. The summed E-state index contributed by atoms with van der Waals surface area (Å²) < 4.78 is 5.54. The van der Waals surface area contributed by atoms with Crippen LogP contribution in [0.3, 0.4) is 0 Å². The first-order chi connectivity index (χ1) is 12.8. The molecule has 1 aliphatic rings. The molecule has 2 aromatic carbocycles. The molecule has 0 bridgehead atoms. The fourth-order valence-corrected chi connectivity index (χ4v) is 3.42. The Labute approximate surface area is 155 Å². The lowest BCUT2D eigenvalue weighted by Gasteiger charge is -2.29. The van der Waals surface area contributed by atoms with Crippen molar-refractivity contribution >= 4 is 12.0 Å². The molecule has 1 saturated heterocycles. The van der Waals surface area contributed by atoms with Crippen LogP contribution in [0.4, 0.5) is 0 Å². The van der Waals surface area contributed by atoms with Crippen LogP contribution in [0.2, 0.25) is 0 Å². The van der Waals surface area contributed by atoms with Crippen LogP contribution in [-0.2, 0) is 4.79 Å². The molecule has 4 nitrogen and oxygen atoms in total. The van der Waals surface area contributed by atoms with Gasteiger partial charge in [-0.3, -0.25) is 9.69 Å². The van der Waals surface area contributed by atoms with Gasteiger partial charge in [-0.05, 0) is 43.6 Å². The Kier molecular flexibility index (Phi) is 6.45. The van der Waals surface area contributed by atoms with Gasteiger partial charge in [0.15, 0.2) is 0 Å². The number of likely N-dealkylation sites (tertiary alicyclic amines) is 1. The molecule has 0 radical (unpaired) electrons. The molecule has 1 heterocycles. The van der Waals surface area contributed by atoms with Gasteiger partial charge in [-0.25, -0.2) is 0 Å². The Hall–Kier alpha value is -2.59. The fraction of sp³-hybridized carbons (Fsp3) is 0.318. The van der Waals surface area contributed by atoms with Gasteiger partial charge in [0.25, 0.3) is 0 Å². The zero-order valence-corrected chi connectivity index (χ0v) is 15.2. The lowest BCUT2D eigenvalue weighted by molar-refractivity contribution is -0.116. The molecule has 0 spiro atoms. The van der Waals surface area contributed by atoms with Crippen molar-refractivity contribution in [3.63, 3.8) is 0 Å². The van der Waals surface area contributed by atoms with Crippen molar-refractivity contribution in [2.45, 2.75) is 18.9 Å². The number of nitrogens with one attached hydrogen (secondary N) is 1. The van der Waals surface area contributed by atoms with E-state index in [-0.39, 0.29) is 11.9 Å². The maximum absolute atomic E-state index is 12.3. The van der Waals surface area contributed by atoms with Gasteiger partial charge in [0.1, 0.15) is 5.75 Å². The molecule has 0 aliphatic carbocycles. The van der Waals surface area contributed by atoms with E-state index in [0.717, 1.165) is 30.0 Å². The van der Waals surface area contributed by atoms with Gasteiger partial charge in [-0.1, -0.05) is 48.5 Å². The number of carbonyl (C=O) groups is 1. The Balaban J connectivity index is 1.68. The Morgan fingerprint density at radius 1 is 1.12 bits per heavy atom. The van der Waals surface area contributed by atoms with Crippen molar-refractivity contribution in [3.8, 4) is 5.75 Å². The maximum atomic E-state index is 12.3. The fourth-order valence-electron chi connectivity index (χ4n) is 3.42. The number of nitrogens with zero attached hydrogens (tertiary/aromatic N) is 1. The number of hydrogen-bond donors (Lipinski definition) is 1. The molecule has 0 saturated carbocycles. The van der Waals surface area contributed by atoms with Gasteiger partial charge in [-0.15, -0.1) is 0 Å². The van der Waals surface area contributed by atoms with Gasteiger partial charge in [0.2, 0.25) is 5.91 Å². The van der Waals surface area contributed by atoms with Gasteiger partial charge in [-0.2, -0.15) is 0 Å². The minimum atomic E-state index is -0.0760. The molecule has 1 atom stereocenters. The van der Waals surface area contributed by atoms with Crippen molar-refractivity contribution in [1.82, 2.24) is 10.2 Å². The number of amides is 1. The normalized spacial score (nSPS) is 15.9. The van der Waals surface area contributed by atoms with Crippen LogP contribution < -0.4 is 10.1 Å². The Morgan fingerprint density at radius 3 is 2.54 bits per heavy atom. The van der Waals surface area contributed by atoms with Crippen LogP contribution in [0.25, 0.3) is 6.08 Å². The van der Waals surface area contributed by atoms with Crippen LogP contribution >= 0.6 is 0 Å². The largest absolute Gasteiger partial charge is 0.496 e. The third-order valence-corrected chi connectivity index (χ3v) is 4.78. The van der Waals surface area contributed by atoms with Gasteiger partial charge < -0.3 is 10.1 Å². The highest BCUT2D eigenvalue weighted by Gasteiger charge is 2.25. The molecule has 4 heteroatoms. The average Bonchev–Trinajstić information content (AvgIpc) is 3.22. The number of para-hydroxylation sites is 1.